The maximum atomic E-state index is 14.1. The van der Waals surface area contributed by atoms with Gasteiger partial charge in [-0.2, -0.15) is 4.31 Å². The van der Waals surface area contributed by atoms with Crippen LogP contribution in [-0.4, -0.2) is 47.1 Å². The Morgan fingerprint density at radius 1 is 1.30 bits per heavy atom. The van der Waals surface area contributed by atoms with E-state index < -0.39 is 42.9 Å². The molecule has 0 aromatic heterocycles. The van der Waals surface area contributed by atoms with E-state index in [2.05, 4.69) is 16.0 Å². The normalized spacial score (nSPS) is 19.2. The lowest BCUT2D eigenvalue weighted by atomic mass is 10.1. The number of hydrogen-bond acceptors (Lipinski definition) is 5. The van der Waals surface area contributed by atoms with Crippen LogP contribution in [0, 0.1) is 11.7 Å². The summed E-state index contributed by atoms with van der Waals surface area (Å²) in [6.07, 6.45) is -4.70. The summed E-state index contributed by atoms with van der Waals surface area (Å²) in [5.74, 6) is -2.60. The molecule has 0 aliphatic carbocycles. The average molecular weight is 432 g/mol. The van der Waals surface area contributed by atoms with Crippen LogP contribution in [0.4, 0.5) is 17.6 Å². The maximum Gasteiger partial charge on any atom is 0.573 e. The summed E-state index contributed by atoms with van der Waals surface area (Å²) in [6.45, 7) is 3.05. The van der Waals surface area contributed by atoms with E-state index in [4.69, 9.17) is 0 Å². The molecule has 152 valence electrons. The smallest absolute Gasteiger partial charge is 0.406 e. The molecule has 1 aliphatic heterocycles. The van der Waals surface area contributed by atoms with Crippen LogP contribution in [0.2, 0.25) is 0 Å². The number of benzene rings is 1. The fourth-order valence-corrected chi connectivity index (χ4v) is 4.66. The minimum atomic E-state index is -5.03. The van der Waals surface area contributed by atoms with Gasteiger partial charge in [0, 0.05) is 31.1 Å². The van der Waals surface area contributed by atoms with Gasteiger partial charge in [0.1, 0.15) is 16.5 Å². The molecule has 27 heavy (non-hydrogen) atoms. The summed E-state index contributed by atoms with van der Waals surface area (Å²) in [4.78, 5) is -0.788. The van der Waals surface area contributed by atoms with Gasteiger partial charge in [0.15, 0.2) is 0 Å². The largest absolute Gasteiger partial charge is 0.573 e. The van der Waals surface area contributed by atoms with Crippen LogP contribution in [0.5, 0.6) is 5.75 Å². The molecule has 1 aromatic carbocycles. The third-order valence-corrected chi connectivity index (χ3v) is 6.70. The Bertz CT molecular complexity index is 916. The van der Waals surface area contributed by atoms with Gasteiger partial charge in [-0.25, -0.2) is 25.9 Å². The number of sulfonamides is 2. The van der Waals surface area contributed by atoms with E-state index in [1.807, 2.05) is 0 Å². The Hall–Kier alpha value is -1.70. The zero-order chi connectivity index (χ0) is 20.5. The number of hydrogen-bond donors (Lipinski definition) is 1. The van der Waals surface area contributed by atoms with Crippen molar-refractivity contribution in [1.29, 1.82) is 0 Å². The van der Waals surface area contributed by atoms with Crippen molar-refractivity contribution >= 4 is 20.0 Å². The molecular formula is C14H16F4N2O5S2. The SMILES string of the molecule is C=CS(=O)(=O)NC[C@H]1CCN(S(=O)(=O)c2ccc(OC(F)(F)F)cc2F)C1. The fourth-order valence-electron chi connectivity index (χ4n) is 2.50. The van der Waals surface area contributed by atoms with Crippen LogP contribution in [0.3, 0.4) is 0 Å². The second-order valence-corrected chi connectivity index (χ2v) is 9.34. The van der Waals surface area contributed by atoms with Crippen molar-refractivity contribution in [2.75, 3.05) is 19.6 Å². The highest BCUT2D eigenvalue weighted by Gasteiger charge is 2.35. The van der Waals surface area contributed by atoms with E-state index in [1.54, 1.807) is 0 Å². The van der Waals surface area contributed by atoms with E-state index in [0.717, 1.165) is 9.71 Å². The summed E-state index contributed by atoms with van der Waals surface area (Å²) in [5.41, 5.74) is 0. The molecule has 0 unspecified atom stereocenters. The van der Waals surface area contributed by atoms with Crippen molar-refractivity contribution in [2.45, 2.75) is 17.7 Å². The van der Waals surface area contributed by atoms with E-state index in [1.165, 1.54) is 0 Å². The molecule has 1 fully saturated rings. The van der Waals surface area contributed by atoms with Gasteiger partial charge in [0.25, 0.3) is 0 Å². The number of nitrogens with zero attached hydrogens (tertiary/aromatic N) is 1. The van der Waals surface area contributed by atoms with Crippen molar-refractivity contribution < 1.29 is 39.1 Å². The van der Waals surface area contributed by atoms with Gasteiger partial charge < -0.3 is 4.74 Å². The van der Waals surface area contributed by atoms with Gasteiger partial charge in [-0.15, -0.1) is 13.2 Å². The summed E-state index contributed by atoms with van der Waals surface area (Å²) in [7, 11) is -7.96. The zero-order valence-electron chi connectivity index (χ0n) is 13.7. The monoisotopic (exact) mass is 432 g/mol. The van der Waals surface area contributed by atoms with Gasteiger partial charge in [0.2, 0.25) is 20.0 Å². The van der Waals surface area contributed by atoms with Gasteiger partial charge in [0.05, 0.1) is 0 Å². The Kier molecular flexibility index (Phi) is 6.19. The quantitative estimate of drug-likeness (QED) is 0.664. The molecule has 1 N–H and O–H groups in total. The Morgan fingerprint density at radius 2 is 1.96 bits per heavy atom. The topological polar surface area (TPSA) is 92.8 Å². The molecule has 0 radical (unpaired) electrons. The molecule has 1 aliphatic rings. The molecule has 0 spiro atoms. The lowest BCUT2D eigenvalue weighted by Crippen LogP contribution is -2.32. The Balaban J connectivity index is 2.11. The molecule has 13 heteroatoms. The first-order chi connectivity index (χ1) is 12.3. The second-order valence-electron chi connectivity index (χ2n) is 5.72. The van der Waals surface area contributed by atoms with E-state index in [0.29, 0.717) is 24.6 Å². The molecule has 0 saturated carbocycles. The zero-order valence-corrected chi connectivity index (χ0v) is 15.4. The first kappa shape index (κ1) is 21.6. The molecule has 0 bridgehead atoms. The highest BCUT2D eigenvalue weighted by molar-refractivity contribution is 7.92. The minimum absolute atomic E-state index is 0.0169. The third kappa shape index (κ3) is 5.64. The number of alkyl halides is 3. The Morgan fingerprint density at radius 3 is 2.52 bits per heavy atom. The molecule has 2 rings (SSSR count). The van der Waals surface area contributed by atoms with Crippen LogP contribution in [0.1, 0.15) is 6.42 Å². The molecule has 0 amide bonds. The predicted octanol–water partition coefficient (Wildman–Crippen LogP) is 1.80. The van der Waals surface area contributed by atoms with E-state index in [-0.39, 0.29) is 25.6 Å². The van der Waals surface area contributed by atoms with Gasteiger partial charge in [-0.05, 0) is 24.5 Å². The van der Waals surface area contributed by atoms with Crippen molar-refractivity contribution in [3.05, 3.63) is 36.0 Å². The summed E-state index contributed by atoms with van der Waals surface area (Å²) in [6, 6.07) is 1.74. The summed E-state index contributed by atoms with van der Waals surface area (Å²) in [5, 5.41) is 0.719. The van der Waals surface area contributed by atoms with E-state index >= 15 is 0 Å². The predicted molar refractivity (Wildman–Crippen MR) is 87.1 cm³/mol. The summed E-state index contributed by atoms with van der Waals surface area (Å²) >= 11 is 0. The summed E-state index contributed by atoms with van der Waals surface area (Å²) < 4.78 is 105. The van der Waals surface area contributed by atoms with Gasteiger partial charge >= 0.3 is 6.36 Å². The molecule has 1 aromatic rings. The number of rotatable bonds is 7. The Labute approximate surface area is 153 Å². The number of halogens is 4. The van der Waals surface area contributed by atoms with Crippen molar-refractivity contribution in [3.63, 3.8) is 0 Å². The van der Waals surface area contributed by atoms with Crippen LogP contribution >= 0.6 is 0 Å². The highest BCUT2D eigenvalue weighted by atomic mass is 32.2. The molecule has 1 heterocycles. The lowest BCUT2D eigenvalue weighted by molar-refractivity contribution is -0.274. The van der Waals surface area contributed by atoms with Crippen LogP contribution in [0.25, 0.3) is 0 Å². The maximum absolute atomic E-state index is 14.1. The standard InChI is InChI=1S/C14H16F4N2O5S2/c1-2-26(21,22)19-8-10-5-6-20(9-10)27(23,24)13-4-3-11(7-12(13)15)25-14(16,17)18/h2-4,7,10,19H,1,5-6,8-9H2/t10-/m1/s1. The van der Waals surface area contributed by atoms with Crippen LogP contribution in [0.15, 0.2) is 35.1 Å². The van der Waals surface area contributed by atoms with E-state index in [9.17, 15) is 34.4 Å². The van der Waals surface area contributed by atoms with Crippen molar-refractivity contribution in [2.24, 2.45) is 5.92 Å². The average Bonchev–Trinajstić information content (AvgIpc) is 3.01. The number of nitrogens with one attached hydrogen (secondary N) is 1. The minimum Gasteiger partial charge on any atom is -0.406 e. The number of ether oxygens (including phenoxy) is 1. The third-order valence-electron chi connectivity index (χ3n) is 3.80. The van der Waals surface area contributed by atoms with Crippen molar-refractivity contribution in [1.82, 2.24) is 9.03 Å². The molecule has 7 nitrogen and oxygen atoms in total. The first-order valence-electron chi connectivity index (χ1n) is 7.51. The van der Waals surface area contributed by atoms with Crippen molar-refractivity contribution in [3.8, 4) is 5.75 Å². The van der Waals surface area contributed by atoms with Gasteiger partial charge in [-0.3, -0.25) is 0 Å². The van der Waals surface area contributed by atoms with Gasteiger partial charge in [-0.1, -0.05) is 6.58 Å². The van der Waals surface area contributed by atoms with Crippen LogP contribution in [-0.2, 0) is 20.0 Å². The second kappa shape index (κ2) is 7.73. The molecule has 1 saturated heterocycles. The fraction of sp³-hybridized carbons (Fsp3) is 0.429. The lowest BCUT2D eigenvalue weighted by Gasteiger charge is -2.18. The highest BCUT2D eigenvalue weighted by Crippen LogP contribution is 2.29. The molecular weight excluding hydrogens is 416 g/mol. The first-order valence-corrected chi connectivity index (χ1v) is 10.5. The molecule has 1 atom stereocenters. The van der Waals surface area contributed by atoms with Crippen LogP contribution < -0.4 is 9.46 Å².